The van der Waals surface area contributed by atoms with Crippen LogP contribution in [0.25, 0.3) is 0 Å². The third kappa shape index (κ3) is 3.84. The van der Waals surface area contributed by atoms with Crippen molar-refractivity contribution < 1.29 is 0 Å². The van der Waals surface area contributed by atoms with Crippen molar-refractivity contribution in [2.75, 3.05) is 23.4 Å². The van der Waals surface area contributed by atoms with Crippen molar-refractivity contribution >= 4 is 23.4 Å². The number of nitrogens with one attached hydrogen (secondary N) is 2. The molecule has 0 aliphatic heterocycles. The Morgan fingerprint density at radius 3 is 2.70 bits per heavy atom. The van der Waals surface area contributed by atoms with E-state index in [9.17, 15) is 0 Å². The van der Waals surface area contributed by atoms with Gasteiger partial charge >= 0.3 is 0 Å². The quantitative estimate of drug-likeness (QED) is 0.629. The van der Waals surface area contributed by atoms with Crippen LogP contribution in [0.2, 0.25) is 0 Å². The third-order valence-corrected chi connectivity index (χ3v) is 3.29. The van der Waals surface area contributed by atoms with Gasteiger partial charge in [0, 0.05) is 18.8 Å². The molecule has 1 unspecified atom stereocenters. The zero-order chi connectivity index (χ0) is 14.4. The van der Waals surface area contributed by atoms with Crippen LogP contribution in [0.5, 0.6) is 0 Å². The van der Waals surface area contributed by atoms with Crippen LogP contribution in [0.1, 0.15) is 25.6 Å². The third-order valence-electron chi connectivity index (χ3n) is 2.74. The maximum atomic E-state index is 4.47. The average Bonchev–Trinajstić information content (AvgIpc) is 2.48. The Morgan fingerprint density at radius 1 is 1.25 bits per heavy atom. The van der Waals surface area contributed by atoms with E-state index in [4.69, 9.17) is 0 Å². The van der Waals surface area contributed by atoms with Crippen molar-refractivity contribution in [3.05, 3.63) is 36.2 Å². The van der Waals surface area contributed by atoms with Crippen molar-refractivity contribution in [3.63, 3.8) is 0 Å². The molecule has 0 fully saturated rings. The lowest BCUT2D eigenvalue weighted by Gasteiger charge is -2.15. The summed E-state index contributed by atoms with van der Waals surface area (Å²) in [5.74, 6) is 1.64. The molecule has 0 saturated heterocycles. The van der Waals surface area contributed by atoms with E-state index in [0.29, 0.717) is 0 Å². The molecule has 0 amide bonds. The smallest absolute Gasteiger partial charge is 0.191 e. The van der Waals surface area contributed by atoms with Gasteiger partial charge in [0.1, 0.15) is 11.6 Å². The first kappa shape index (κ1) is 14.6. The summed E-state index contributed by atoms with van der Waals surface area (Å²) in [5.41, 5.74) is 0.988. The Balaban J connectivity index is 2.17. The minimum atomic E-state index is 0.0929. The van der Waals surface area contributed by atoms with Gasteiger partial charge in [-0.25, -0.2) is 9.97 Å². The van der Waals surface area contributed by atoms with Gasteiger partial charge in [0.2, 0.25) is 0 Å². The summed E-state index contributed by atoms with van der Waals surface area (Å²) in [6.45, 7) is 4.95. The molecule has 0 bridgehead atoms. The zero-order valence-corrected chi connectivity index (χ0v) is 12.7. The van der Waals surface area contributed by atoms with Crippen molar-refractivity contribution in [1.29, 1.82) is 0 Å². The summed E-state index contributed by atoms with van der Waals surface area (Å²) in [4.78, 5) is 13.2. The molecule has 1 atom stereocenters. The van der Waals surface area contributed by atoms with Gasteiger partial charge in [-0.15, -0.1) is 0 Å². The SMILES string of the molecule is CCNc1cc(NC(C)c2ccccn2)nc(SC)n1. The standard InChI is InChI=1S/C14H19N5S/c1-4-15-12-9-13(19-14(18-12)20-3)17-10(2)11-7-5-6-8-16-11/h5-10H,4H2,1-3H3,(H2,15,17,18,19). The maximum absolute atomic E-state index is 4.47. The first-order valence-electron chi connectivity index (χ1n) is 6.57. The Kier molecular flexibility index (Phi) is 5.17. The number of pyridine rings is 1. The van der Waals surface area contributed by atoms with Crippen LogP contribution in [-0.4, -0.2) is 27.8 Å². The number of nitrogens with zero attached hydrogens (tertiary/aromatic N) is 3. The summed E-state index contributed by atoms with van der Waals surface area (Å²) >= 11 is 1.53. The number of hydrogen-bond acceptors (Lipinski definition) is 6. The van der Waals surface area contributed by atoms with Crippen molar-refractivity contribution in [3.8, 4) is 0 Å². The predicted molar refractivity (Wildman–Crippen MR) is 84.3 cm³/mol. The van der Waals surface area contributed by atoms with E-state index in [0.717, 1.165) is 29.0 Å². The topological polar surface area (TPSA) is 62.7 Å². The molecule has 20 heavy (non-hydrogen) atoms. The molecule has 106 valence electrons. The van der Waals surface area contributed by atoms with Crippen LogP contribution in [0, 0.1) is 0 Å². The molecule has 2 aromatic heterocycles. The van der Waals surface area contributed by atoms with E-state index in [2.05, 4.69) is 32.5 Å². The number of anilines is 2. The minimum absolute atomic E-state index is 0.0929. The molecule has 0 aliphatic carbocycles. The lowest BCUT2D eigenvalue weighted by molar-refractivity contribution is 0.821. The largest absolute Gasteiger partial charge is 0.370 e. The van der Waals surface area contributed by atoms with E-state index in [1.807, 2.05) is 37.4 Å². The lowest BCUT2D eigenvalue weighted by Crippen LogP contribution is -2.11. The van der Waals surface area contributed by atoms with Gasteiger partial charge in [-0.3, -0.25) is 4.98 Å². The lowest BCUT2D eigenvalue weighted by atomic mass is 10.2. The monoisotopic (exact) mass is 289 g/mol. The highest BCUT2D eigenvalue weighted by Crippen LogP contribution is 2.21. The molecule has 2 N–H and O–H groups in total. The van der Waals surface area contributed by atoms with Crippen molar-refractivity contribution in [2.24, 2.45) is 0 Å². The van der Waals surface area contributed by atoms with E-state index < -0.39 is 0 Å². The van der Waals surface area contributed by atoms with E-state index >= 15 is 0 Å². The first-order chi connectivity index (χ1) is 9.72. The molecule has 2 rings (SSSR count). The molecule has 0 radical (unpaired) electrons. The molecule has 5 nitrogen and oxygen atoms in total. The number of rotatable bonds is 6. The summed E-state index contributed by atoms with van der Waals surface area (Å²) in [7, 11) is 0. The van der Waals surface area contributed by atoms with E-state index in [-0.39, 0.29) is 6.04 Å². The molecule has 2 heterocycles. The van der Waals surface area contributed by atoms with Gasteiger partial charge in [-0.05, 0) is 32.2 Å². The van der Waals surface area contributed by atoms with Gasteiger partial charge in [-0.1, -0.05) is 17.8 Å². The van der Waals surface area contributed by atoms with Crippen LogP contribution in [-0.2, 0) is 0 Å². The van der Waals surface area contributed by atoms with Crippen LogP contribution < -0.4 is 10.6 Å². The predicted octanol–water partition coefficient (Wildman–Crippen LogP) is 3.20. The molecule has 0 spiro atoms. The Morgan fingerprint density at radius 2 is 2.05 bits per heavy atom. The van der Waals surface area contributed by atoms with E-state index in [1.54, 1.807) is 6.20 Å². The Bertz CT molecular complexity index is 547. The number of aromatic nitrogens is 3. The van der Waals surface area contributed by atoms with Gasteiger partial charge in [0.05, 0.1) is 11.7 Å². The highest BCUT2D eigenvalue weighted by Gasteiger charge is 2.09. The van der Waals surface area contributed by atoms with Crippen molar-refractivity contribution in [1.82, 2.24) is 15.0 Å². The summed E-state index contributed by atoms with van der Waals surface area (Å²) in [6, 6.07) is 7.91. The summed E-state index contributed by atoms with van der Waals surface area (Å²) in [5, 5.41) is 7.33. The summed E-state index contributed by atoms with van der Waals surface area (Å²) in [6.07, 6.45) is 3.77. The Hall–Kier alpha value is -1.82. The number of thioether (sulfide) groups is 1. The number of hydrogen-bond donors (Lipinski definition) is 2. The van der Waals surface area contributed by atoms with Gasteiger partial charge in [-0.2, -0.15) is 0 Å². The minimum Gasteiger partial charge on any atom is -0.370 e. The fraction of sp³-hybridized carbons (Fsp3) is 0.357. The molecule has 0 aliphatic rings. The van der Waals surface area contributed by atoms with Crippen molar-refractivity contribution in [2.45, 2.75) is 25.0 Å². The van der Waals surface area contributed by atoms with Gasteiger partial charge in [0.25, 0.3) is 0 Å². The maximum Gasteiger partial charge on any atom is 0.191 e. The fourth-order valence-electron chi connectivity index (χ4n) is 1.79. The fourth-order valence-corrected chi connectivity index (χ4v) is 2.17. The molecular formula is C14H19N5S. The average molecular weight is 289 g/mol. The highest BCUT2D eigenvalue weighted by molar-refractivity contribution is 7.98. The molecule has 0 aromatic carbocycles. The van der Waals surface area contributed by atoms with Crippen LogP contribution in [0.3, 0.4) is 0 Å². The Labute approximate surface area is 123 Å². The molecular weight excluding hydrogens is 270 g/mol. The molecule has 2 aromatic rings. The second kappa shape index (κ2) is 7.09. The van der Waals surface area contributed by atoms with Crippen LogP contribution in [0.15, 0.2) is 35.6 Å². The highest BCUT2D eigenvalue weighted by atomic mass is 32.2. The second-order valence-corrected chi connectivity index (χ2v) is 5.05. The normalized spacial score (nSPS) is 11.9. The van der Waals surface area contributed by atoms with Gasteiger partial charge < -0.3 is 10.6 Å². The zero-order valence-electron chi connectivity index (χ0n) is 11.9. The second-order valence-electron chi connectivity index (χ2n) is 4.28. The first-order valence-corrected chi connectivity index (χ1v) is 7.79. The van der Waals surface area contributed by atoms with Crippen LogP contribution in [0.4, 0.5) is 11.6 Å². The molecule has 0 saturated carbocycles. The van der Waals surface area contributed by atoms with Crippen LogP contribution >= 0.6 is 11.8 Å². The summed E-state index contributed by atoms with van der Waals surface area (Å²) < 4.78 is 0. The van der Waals surface area contributed by atoms with Gasteiger partial charge in [0.15, 0.2) is 5.16 Å². The van der Waals surface area contributed by atoms with E-state index in [1.165, 1.54) is 11.8 Å². The molecule has 6 heteroatoms.